The third-order valence-corrected chi connectivity index (χ3v) is 10.4. The Bertz CT molecular complexity index is 1390. The lowest BCUT2D eigenvalue weighted by atomic mass is 9.70. The van der Waals surface area contributed by atoms with Gasteiger partial charge in [-0.25, -0.2) is 4.98 Å². The van der Waals surface area contributed by atoms with Crippen molar-refractivity contribution in [2.75, 3.05) is 26.4 Å². The van der Waals surface area contributed by atoms with Gasteiger partial charge in [-0.1, -0.05) is 32.0 Å². The van der Waals surface area contributed by atoms with Gasteiger partial charge in [-0.3, -0.25) is 9.69 Å². The number of carbonyl (C=O) groups excluding carboxylic acids is 1. The molecular formula is C33H42N4O3. The van der Waals surface area contributed by atoms with Crippen LogP contribution in [0.25, 0.3) is 11.0 Å². The second-order valence-electron chi connectivity index (χ2n) is 12.8. The molecule has 2 aromatic carbocycles. The van der Waals surface area contributed by atoms with Crippen LogP contribution < -0.4 is 9.47 Å². The van der Waals surface area contributed by atoms with Crippen molar-refractivity contribution in [3.8, 4) is 11.5 Å². The lowest BCUT2D eigenvalue weighted by Gasteiger charge is -2.46. The summed E-state index contributed by atoms with van der Waals surface area (Å²) in [4.78, 5) is 22.6. The summed E-state index contributed by atoms with van der Waals surface area (Å²) in [5, 5.41) is 0. The zero-order valence-corrected chi connectivity index (χ0v) is 24.1. The van der Waals surface area contributed by atoms with E-state index in [-0.39, 0.29) is 17.2 Å². The van der Waals surface area contributed by atoms with Crippen molar-refractivity contribution in [3.63, 3.8) is 0 Å². The fourth-order valence-electron chi connectivity index (χ4n) is 8.22. The molecule has 40 heavy (non-hydrogen) atoms. The lowest BCUT2D eigenvalue weighted by molar-refractivity contribution is -0.136. The van der Waals surface area contributed by atoms with Crippen LogP contribution in [0.2, 0.25) is 0 Å². The predicted molar refractivity (Wildman–Crippen MR) is 156 cm³/mol. The number of hydrogen-bond acceptors (Lipinski definition) is 5. The number of likely N-dealkylation sites (tertiary alicyclic amines) is 1. The molecule has 3 saturated heterocycles. The van der Waals surface area contributed by atoms with Crippen LogP contribution in [0, 0.1) is 12.8 Å². The molecule has 1 aromatic heterocycles. The first kappa shape index (κ1) is 25.9. The highest BCUT2D eigenvalue weighted by atomic mass is 16.7. The molecule has 2 bridgehead atoms. The van der Waals surface area contributed by atoms with Gasteiger partial charge in [-0.05, 0) is 88.2 Å². The number of ether oxygens (including phenoxy) is 2. The Morgan fingerprint density at radius 3 is 2.48 bits per heavy atom. The predicted octanol–water partition coefficient (Wildman–Crippen LogP) is 5.85. The SMILES string of the molecule is Cc1nc2ccccc2n1C1C[C@H]2CC[C@@H](C1)N2CCC1(c2ccc3c(c2)OCO3)CCN(C(=O)C(C)C)CC1. The Hall–Kier alpha value is -3.06. The summed E-state index contributed by atoms with van der Waals surface area (Å²) in [5.74, 6) is 3.17. The number of fused-ring (bicyclic) bond motifs is 4. The molecule has 4 aliphatic heterocycles. The van der Waals surface area contributed by atoms with E-state index in [2.05, 4.69) is 63.8 Å². The summed E-state index contributed by atoms with van der Waals surface area (Å²) in [6.45, 7) is 9.25. The minimum absolute atomic E-state index is 0.0438. The van der Waals surface area contributed by atoms with Crippen LogP contribution in [0.5, 0.6) is 11.5 Å². The number of piperidine rings is 2. The van der Waals surface area contributed by atoms with Crippen LogP contribution in [0.4, 0.5) is 0 Å². The topological polar surface area (TPSA) is 59.8 Å². The first-order valence-electron chi connectivity index (χ1n) is 15.3. The van der Waals surface area contributed by atoms with Gasteiger partial charge in [0.25, 0.3) is 0 Å². The number of amides is 1. The van der Waals surface area contributed by atoms with Crippen molar-refractivity contribution in [1.29, 1.82) is 0 Å². The average Bonchev–Trinajstić information content (AvgIpc) is 3.64. The zero-order valence-electron chi connectivity index (χ0n) is 24.1. The monoisotopic (exact) mass is 542 g/mol. The minimum Gasteiger partial charge on any atom is -0.454 e. The standard InChI is InChI=1S/C33H42N4O3/c1-22(2)32(38)35-15-12-33(13-16-35,24-8-11-30-31(18-24)40-21-39-30)14-17-36-25-9-10-26(36)20-27(19-25)37-23(3)34-28-6-4-5-7-29(28)37/h4-8,11,18,22,25-27H,9-10,12-17,19-21H2,1-3H3/t25-,26+,27?. The Morgan fingerprint density at radius 1 is 1.00 bits per heavy atom. The number of para-hydroxylation sites is 2. The maximum absolute atomic E-state index is 12.8. The smallest absolute Gasteiger partial charge is 0.231 e. The van der Waals surface area contributed by atoms with Crippen LogP contribution in [0.3, 0.4) is 0 Å². The first-order chi connectivity index (χ1) is 19.4. The van der Waals surface area contributed by atoms with E-state index in [0.717, 1.165) is 61.7 Å². The number of aromatic nitrogens is 2. The van der Waals surface area contributed by atoms with E-state index in [0.29, 0.717) is 24.9 Å². The fraction of sp³-hybridized carbons (Fsp3) is 0.576. The van der Waals surface area contributed by atoms with Crippen molar-refractivity contribution in [1.82, 2.24) is 19.4 Å². The van der Waals surface area contributed by atoms with Gasteiger partial charge in [0.1, 0.15) is 5.82 Å². The number of hydrogen-bond donors (Lipinski definition) is 0. The van der Waals surface area contributed by atoms with Crippen molar-refractivity contribution in [2.45, 2.75) is 89.3 Å². The summed E-state index contributed by atoms with van der Waals surface area (Å²) in [5.41, 5.74) is 3.78. The third-order valence-electron chi connectivity index (χ3n) is 10.4. The molecule has 0 aliphatic carbocycles. The van der Waals surface area contributed by atoms with Gasteiger partial charge in [-0.15, -0.1) is 0 Å². The molecule has 3 aromatic rings. The fourth-order valence-corrected chi connectivity index (χ4v) is 8.22. The molecule has 0 radical (unpaired) electrons. The normalized spacial score (nSPS) is 25.7. The molecule has 0 N–H and O–H groups in total. The Kier molecular flexibility index (Phi) is 6.53. The van der Waals surface area contributed by atoms with Gasteiger partial charge >= 0.3 is 0 Å². The molecule has 3 fully saturated rings. The van der Waals surface area contributed by atoms with E-state index in [9.17, 15) is 4.79 Å². The van der Waals surface area contributed by atoms with Crippen LogP contribution >= 0.6 is 0 Å². The van der Waals surface area contributed by atoms with Gasteiger partial charge in [0, 0.05) is 42.5 Å². The Morgan fingerprint density at radius 2 is 1.73 bits per heavy atom. The van der Waals surface area contributed by atoms with Gasteiger partial charge in [0.05, 0.1) is 11.0 Å². The van der Waals surface area contributed by atoms with Gasteiger partial charge in [0.2, 0.25) is 12.7 Å². The van der Waals surface area contributed by atoms with Crippen molar-refractivity contribution in [2.24, 2.45) is 5.92 Å². The minimum atomic E-state index is 0.0438. The van der Waals surface area contributed by atoms with Crippen molar-refractivity contribution in [3.05, 3.63) is 53.9 Å². The highest BCUT2D eigenvalue weighted by Gasteiger charge is 2.44. The second kappa shape index (κ2) is 10.1. The van der Waals surface area contributed by atoms with E-state index in [1.807, 2.05) is 13.8 Å². The molecule has 7 rings (SSSR count). The van der Waals surface area contributed by atoms with Crippen LogP contribution in [-0.4, -0.2) is 63.8 Å². The van der Waals surface area contributed by atoms with Gasteiger partial charge < -0.3 is 18.9 Å². The maximum atomic E-state index is 12.8. The molecule has 212 valence electrons. The molecular weight excluding hydrogens is 500 g/mol. The highest BCUT2D eigenvalue weighted by molar-refractivity contribution is 5.78. The molecule has 3 atom stereocenters. The zero-order chi connectivity index (χ0) is 27.4. The van der Waals surface area contributed by atoms with Crippen LogP contribution in [0.15, 0.2) is 42.5 Å². The van der Waals surface area contributed by atoms with Crippen LogP contribution in [0.1, 0.15) is 76.2 Å². The summed E-state index contributed by atoms with van der Waals surface area (Å²) in [6, 6.07) is 16.9. The lowest BCUT2D eigenvalue weighted by Crippen LogP contribution is -2.49. The molecule has 0 saturated carbocycles. The Balaban J connectivity index is 1.10. The molecule has 7 heteroatoms. The van der Waals surface area contributed by atoms with E-state index in [4.69, 9.17) is 14.5 Å². The number of benzene rings is 2. The molecule has 7 nitrogen and oxygen atoms in total. The average molecular weight is 543 g/mol. The summed E-state index contributed by atoms with van der Waals surface area (Å²) in [6.07, 6.45) is 8.09. The van der Waals surface area contributed by atoms with Crippen molar-refractivity contribution < 1.29 is 14.3 Å². The van der Waals surface area contributed by atoms with E-state index < -0.39 is 0 Å². The van der Waals surface area contributed by atoms with E-state index >= 15 is 0 Å². The Labute approximate surface area is 237 Å². The summed E-state index contributed by atoms with van der Waals surface area (Å²) in [7, 11) is 0. The number of rotatable bonds is 6. The number of imidazole rings is 1. The quantitative estimate of drug-likeness (QED) is 0.391. The van der Waals surface area contributed by atoms with Crippen LogP contribution in [-0.2, 0) is 10.2 Å². The van der Waals surface area contributed by atoms with E-state index in [1.165, 1.54) is 36.8 Å². The highest BCUT2D eigenvalue weighted by Crippen LogP contribution is 2.46. The van der Waals surface area contributed by atoms with Gasteiger partial charge in [-0.2, -0.15) is 0 Å². The molecule has 4 aliphatic rings. The van der Waals surface area contributed by atoms with E-state index in [1.54, 1.807) is 0 Å². The second-order valence-corrected chi connectivity index (χ2v) is 12.8. The summed E-state index contributed by atoms with van der Waals surface area (Å²) < 4.78 is 13.9. The number of carbonyl (C=O) groups is 1. The largest absolute Gasteiger partial charge is 0.454 e. The third kappa shape index (κ3) is 4.37. The molecule has 0 spiro atoms. The molecule has 5 heterocycles. The summed E-state index contributed by atoms with van der Waals surface area (Å²) >= 11 is 0. The number of aryl methyl sites for hydroxylation is 1. The molecule has 1 unspecified atom stereocenters. The molecule has 1 amide bonds. The van der Waals surface area contributed by atoms with Gasteiger partial charge in [0.15, 0.2) is 11.5 Å². The number of nitrogens with zero attached hydrogens (tertiary/aromatic N) is 4. The first-order valence-corrected chi connectivity index (χ1v) is 15.3. The maximum Gasteiger partial charge on any atom is 0.231 e. The van der Waals surface area contributed by atoms with Crippen molar-refractivity contribution >= 4 is 16.9 Å².